The monoisotopic (exact) mass is 693 g/mol. The van der Waals surface area contributed by atoms with E-state index in [1.165, 1.54) is 6.26 Å². The molecule has 0 unspecified atom stereocenters. The summed E-state index contributed by atoms with van der Waals surface area (Å²) in [6, 6.07) is 18.5. The van der Waals surface area contributed by atoms with Gasteiger partial charge in [0, 0.05) is 51.2 Å². The Morgan fingerprint density at radius 1 is 1.06 bits per heavy atom. The zero-order chi connectivity index (χ0) is 35.6. The first-order valence-electron chi connectivity index (χ1n) is 15.5. The van der Waals surface area contributed by atoms with E-state index in [2.05, 4.69) is 15.3 Å². The molecule has 1 aliphatic rings. The maximum Gasteiger partial charge on any atom is 0.490 e. The molecule has 2 aromatic carbocycles. The summed E-state index contributed by atoms with van der Waals surface area (Å²) in [5.41, 5.74) is 3.23. The first-order chi connectivity index (χ1) is 22.5. The van der Waals surface area contributed by atoms with Crippen LogP contribution in [0.2, 0.25) is 0 Å². The van der Waals surface area contributed by atoms with Crippen molar-refractivity contribution in [3.05, 3.63) is 83.2 Å². The lowest BCUT2D eigenvalue weighted by Crippen LogP contribution is -2.48. The van der Waals surface area contributed by atoms with E-state index in [0.717, 1.165) is 55.7 Å². The van der Waals surface area contributed by atoms with Gasteiger partial charge in [-0.25, -0.2) is 13.2 Å². The van der Waals surface area contributed by atoms with Crippen LogP contribution in [0.3, 0.4) is 0 Å². The first kappa shape index (κ1) is 38.2. The van der Waals surface area contributed by atoms with Gasteiger partial charge in [-0.2, -0.15) is 18.3 Å². The third-order valence-electron chi connectivity index (χ3n) is 8.20. The van der Waals surface area contributed by atoms with Gasteiger partial charge in [0.25, 0.3) is 5.91 Å². The van der Waals surface area contributed by atoms with Crippen LogP contribution in [0.15, 0.2) is 65.6 Å². The van der Waals surface area contributed by atoms with Crippen LogP contribution in [-0.4, -0.2) is 95.5 Å². The first-order valence-corrected chi connectivity index (χ1v) is 17.4. The lowest BCUT2D eigenvalue weighted by atomic mass is 9.99. The molecule has 11 nitrogen and oxygen atoms in total. The van der Waals surface area contributed by atoms with Crippen molar-refractivity contribution < 1.29 is 41.1 Å². The van der Waals surface area contributed by atoms with Gasteiger partial charge in [-0.1, -0.05) is 42.5 Å². The van der Waals surface area contributed by atoms with Crippen LogP contribution >= 0.6 is 0 Å². The van der Waals surface area contributed by atoms with Crippen LogP contribution in [-0.2, 0) is 32.9 Å². The molecule has 2 N–H and O–H groups in total. The molecule has 1 aliphatic heterocycles. The van der Waals surface area contributed by atoms with Crippen molar-refractivity contribution in [2.75, 3.05) is 32.4 Å². The summed E-state index contributed by atoms with van der Waals surface area (Å²) in [5, 5.41) is 14.6. The molecule has 1 aromatic heterocycles. The molecule has 262 valence electrons. The Balaban J connectivity index is 0.000000804. The standard InChI is InChI=1S/C31H41N5O4S.C2HF3O2/c1-5-36(30(37)22-24-11-13-27(14-12-24)41(4,39)40)26-15-18-35(19-16-26)20-17-28(25-9-7-6-8-10-25)32-31(38)29-21-23(2)34(3)33-29;3-2(4,5)1(6)7/h6-14,21,26,28H,5,15-20,22H2,1-4H3,(H,32,38);(H,6,7)/t28-;/m0./s1. The number of piperidine rings is 1. The molecule has 0 saturated carbocycles. The molecule has 2 heterocycles. The number of aliphatic carboxylic acids is 1. The van der Waals surface area contributed by atoms with Gasteiger partial charge in [-0.05, 0) is 62.4 Å². The van der Waals surface area contributed by atoms with Crippen molar-refractivity contribution in [2.24, 2.45) is 7.05 Å². The predicted molar refractivity (Wildman–Crippen MR) is 173 cm³/mol. The quantitative estimate of drug-likeness (QED) is 0.305. The molecule has 1 fully saturated rings. The molecule has 2 amide bonds. The highest BCUT2D eigenvalue weighted by Gasteiger charge is 2.38. The van der Waals surface area contributed by atoms with E-state index in [0.29, 0.717) is 12.2 Å². The molecule has 48 heavy (non-hydrogen) atoms. The normalized spacial score (nSPS) is 14.8. The van der Waals surface area contributed by atoms with Gasteiger partial charge >= 0.3 is 12.1 Å². The minimum Gasteiger partial charge on any atom is -0.475 e. The highest BCUT2D eigenvalue weighted by atomic mass is 32.2. The molecule has 4 rings (SSSR count). The SMILES string of the molecule is CCN(C(=O)Cc1ccc(S(C)(=O)=O)cc1)C1CCN(CC[C@H](NC(=O)c2cc(C)n(C)n2)c2ccccc2)CC1.O=C(O)C(F)(F)F. The van der Waals surface area contributed by atoms with Gasteiger partial charge in [0.1, 0.15) is 5.69 Å². The number of carboxylic acids is 1. The fourth-order valence-corrected chi connectivity index (χ4v) is 6.08. The number of benzene rings is 2. The number of likely N-dealkylation sites (tertiary alicyclic amines) is 1. The number of nitrogens with one attached hydrogen (secondary N) is 1. The number of hydrogen-bond acceptors (Lipinski definition) is 7. The van der Waals surface area contributed by atoms with Crippen molar-refractivity contribution >= 4 is 27.6 Å². The van der Waals surface area contributed by atoms with Gasteiger partial charge in [0.15, 0.2) is 9.84 Å². The summed E-state index contributed by atoms with van der Waals surface area (Å²) < 4.78 is 56.9. The summed E-state index contributed by atoms with van der Waals surface area (Å²) in [6.45, 7) is 7.17. The second-order valence-corrected chi connectivity index (χ2v) is 13.7. The molecule has 3 aromatic rings. The van der Waals surface area contributed by atoms with E-state index in [1.54, 1.807) is 35.0 Å². The smallest absolute Gasteiger partial charge is 0.475 e. The third kappa shape index (κ3) is 11.2. The largest absolute Gasteiger partial charge is 0.490 e. The zero-order valence-corrected chi connectivity index (χ0v) is 28.2. The Morgan fingerprint density at radius 3 is 2.12 bits per heavy atom. The van der Waals surface area contributed by atoms with E-state index < -0.39 is 22.0 Å². The average molecular weight is 694 g/mol. The highest BCUT2D eigenvalue weighted by Crippen LogP contribution is 2.22. The Bertz CT molecular complexity index is 1620. The Hall–Kier alpha value is -4.24. The van der Waals surface area contributed by atoms with Crippen LogP contribution in [0.1, 0.15) is 59.5 Å². The number of amides is 2. The molecule has 15 heteroatoms. The molecular weight excluding hydrogens is 651 g/mol. The lowest BCUT2D eigenvalue weighted by Gasteiger charge is -2.38. The number of hydrogen-bond donors (Lipinski definition) is 2. The van der Waals surface area contributed by atoms with Gasteiger partial charge in [0.05, 0.1) is 17.4 Å². The number of rotatable bonds is 11. The molecular formula is C33H42F3N5O6S. The van der Waals surface area contributed by atoms with Crippen LogP contribution in [0.4, 0.5) is 13.2 Å². The van der Waals surface area contributed by atoms with E-state index in [1.807, 2.05) is 56.1 Å². The summed E-state index contributed by atoms with van der Waals surface area (Å²) in [4.78, 5) is 39.7. The number of alkyl halides is 3. The fourth-order valence-electron chi connectivity index (χ4n) is 5.45. The minimum absolute atomic E-state index is 0.0645. The molecule has 0 aliphatic carbocycles. The van der Waals surface area contributed by atoms with Crippen molar-refractivity contribution in [3.8, 4) is 0 Å². The molecule has 0 radical (unpaired) electrons. The van der Waals surface area contributed by atoms with Gasteiger partial charge in [-0.3, -0.25) is 14.3 Å². The van der Waals surface area contributed by atoms with E-state index in [4.69, 9.17) is 9.90 Å². The van der Waals surface area contributed by atoms with Crippen molar-refractivity contribution in [1.82, 2.24) is 24.9 Å². The average Bonchev–Trinajstić information content (AvgIpc) is 3.38. The van der Waals surface area contributed by atoms with E-state index in [9.17, 15) is 31.2 Å². The molecule has 0 bridgehead atoms. The Morgan fingerprint density at radius 2 is 1.65 bits per heavy atom. The summed E-state index contributed by atoms with van der Waals surface area (Å²) in [5.74, 6) is -2.87. The second kappa shape index (κ2) is 16.7. The van der Waals surface area contributed by atoms with E-state index in [-0.39, 0.29) is 35.2 Å². The highest BCUT2D eigenvalue weighted by molar-refractivity contribution is 7.90. The van der Waals surface area contributed by atoms with Gasteiger partial charge < -0.3 is 20.2 Å². The molecule has 1 saturated heterocycles. The lowest BCUT2D eigenvalue weighted by molar-refractivity contribution is -0.192. The number of aryl methyl sites for hydroxylation is 2. The van der Waals surface area contributed by atoms with Gasteiger partial charge in [-0.15, -0.1) is 0 Å². The van der Waals surface area contributed by atoms with Crippen molar-refractivity contribution in [3.63, 3.8) is 0 Å². The maximum absolute atomic E-state index is 13.2. The maximum atomic E-state index is 13.2. The Labute approximate surface area is 278 Å². The van der Waals surface area contributed by atoms with Crippen LogP contribution < -0.4 is 5.32 Å². The van der Waals surface area contributed by atoms with Crippen LogP contribution in [0.25, 0.3) is 0 Å². The topological polar surface area (TPSA) is 142 Å². The summed E-state index contributed by atoms with van der Waals surface area (Å²) in [6.07, 6.45) is -1.10. The second-order valence-electron chi connectivity index (χ2n) is 11.7. The zero-order valence-electron chi connectivity index (χ0n) is 27.4. The number of carbonyl (C=O) groups is 3. The number of aromatic nitrogens is 2. The molecule has 1 atom stereocenters. The van der Waals surface area contributed by atoms with Crippen molar-refractivity contribution in [1.29, 1.82) is 0 Å². The Kier molecular flexibility index (Phi) is 13.3. The van der Waals surface area contributed by atoms with Crippen LogP contribution in [0, 0.1) is 6.92 Å². The number of sulfone groups is 1. The number of carbonyl (C=O) groups excluding carboxylic acids is 2. The third-order valence-corrected chi connectivity index (χ3v) is 9.32. The number of nitrogens with zero attached hydrogens (tertiary/aromatic N) is 4. The fraction of sp³-hybridized carbons (Fsp3) is 0.455. The number of likely N-dealkylation sites (N-methyl/N-ethyl adjacent to an activating group) is 1. The van der Waals surface area contributed by atoms with E-state index >= 15 is 0 Å². The number of halogens is 3. The molecule has 0 spiro atoms. The van der Waals surface area contributed by atoms with Crippen molar-refractivity contribution in [2.45, 2.75) is 62.7 Å². The predicted octanol–water partition coefficient (Wildman–Crippen LogP) is 4.18. The van der Waals surface area contributed by atoms with Crippen LogP contribution in [0.5, 0.6) is 0 Å². The van der Waals surface area contributed by atoms with Gasteiger partial charge in [0.2, 0.25) is 5.91 Å². The summed E-state index contributed by atoms with van der Waals surface area (Å²) >= 11 is 0. The summed E-state index contributed by atoms with van der Waals surface area (Å²) in [7, 11) is -1.43. The number of carboxylic acid groups (broad SMARTS) is 1. The minimum atomic E-state index is -5.08.